The second-order valence-electron chi connectivity index (χ2n) is 4.84. The van der Waals surface area contributed by atoms with Crippen molar-refractivity contribution in [2.75, 3.05) is 0 Å². The van der Waals surface area contributed by atoms with Crippen LogP contribution >= 0.6 is 11.6 Å². The van der Waals surface area contributed by atoms with Crippen LogP contribution in [-0.2, 0) is 4.79 Å². The van der Waals surface area contributed by atoms with Gasteiger partial charge in [-0.25, -0.2) is 0 Å². The second kappa shape index (κ2) is 5.40. The zero-order chi connectivity index (χ0) is 13.9. The first-order chi connectivity index (χ1) is 8.23. The topological polar surface area (TPSA) is 66.4 Å². The van der Waals surface area contributed by atoms with Gasteiger partial charge in [0.25, 0.3) is 5.91 Å². The molecule has 4 nitrogen and oxygen atoms in total. The van der Waals surface area contributed by atoms with E-state index in [1.165, 1.54) is 0 Å². The van der Waals surface area contributed by atoms with Crippen molar-refractivity contribution in [1.82, 2.24) is 5.32 Å². The monoisotopic (exact) mass is 269 g/mol. The number of hydrogen-bond acceptors (Lipinski definition) is 2. The molecule has 0 aliphatic heterocycles. The zero-order valence-corrected chi connectivity index (χ0v) is 11.3. The van der Waals surface area contributed by atoms with E-state index in [4.69, 9.17) is 16.7 Å². The normalized spacial score (nSPS) is 11.1. The molecule has 0 saturated carbocycles. The summed E-state index contributed by atoms with van der Waals surface area (Å²) in [5, 5.41) is 11.8. The Morgan fingerprint density at radius 1 is 1.39 bits per heavy atom. The highest BCUT2D eigenvalue weighted by molar-refractivity contribution is 6.34. The molecule has 0 radical (unpaired) electrons. The molecule has 0 bridgehead atoms. The molecular formula is C13H16ClNO3. The van der Waals surface area contributed by atoms with Crippen molar-refractivity contribution in [3.63, 3.8) is 0 Å². The largest absolute Gasteiger partial charge is 0.481 e. The van der Waals surface area contributed by atoms with Crippen LogP contribution in [-0.4, -0.2) is 22.5 Å². The molecule has 0 aromatic heterocycles. The molecule has 0 unspecified atom stereocenters. The second-order valence-corrected chi connectivity index (χ2v) is 5.22. The molecule has 0 atom stereocenters. The Balaban J connectivity index is 2.89. The number of nitrogens with one attached hydrogen (secondary N) is 1. The highest BCUT2D eigenvalue weighted by Crippen LogP contribution is 2.21. The minimum Gasteiger partial charge on any atom is -0.481 e. The number of rotatable bonds is 4. The summed E-state index contributed by atoms with van der Waals surface area (Å²) in [5.74, 6) is -1.33. The summed E-state index contributed by atoms with van der Waals surface area (Å²) >= 11 is 6.05. The first-order valence-electron chi connectivity index (χ1n) is 5.52. The molecule has 98 valence electrons. The summed E-state index contributed by atoms with van der Waals surface area (Å²) in [6.45, 7) is 5.12. The van der Waals surface area contributed by atoms with Crippen LogP contribution in [0.2, 0.25) is 5.02 Å². The lowest BCUT2D eigenvalue weighted by Gasteiger charge is -2.24. The molecule has 0 heterocycles. The number of carbonyl (C=O) groups excluding carboxylic acids is 1. The van der Waals surface area contributed by atoms with Gasteiger partial charge in [-0.2, -0.15) is 0 Å². The maximum absolute atomic E-state index is 12.0. The molecule has 18 heavy (non-hydrogen) atoms. The smallest absolute Gasteiger partial charge is 0.305 e. The standard InChI is InChI=1S/C13H16ClNO3/c1-8-5-4-6-9(11(8)14)12(18)15-13(2,3)7-10(16)17/h4-6H,7H2,1-3H3,(H,15,18)(H,16,17). The molecule has 1 aromatic carbocycles. The van der Waals surface area contributed by atoms with Crippen LogP contribution in [0.4, 0.5) is 0 Å². The van der Waals surface area contributed by atoms with Gasteiger partial charge >= 0.3 is 5.97 Å². The third kappa shape index (κ3) is 3.74. The van der Waals surface area contributed by atoms with Gasteiger partial charge in [0.15, 0.2) is 0 Å². The van der Waals surface area contributed by atoms with Gasteiger partial charge < -0.3 is 10.4 Å². The van der Waals surface area contributed by atoms with Gasteiger partial charge in [-0.05, 0) is 32.4 Å². The van der Waals surface area contributed by atoms with Gasteiger partial charge in [0, 0.05) is 5.54 Å². The highest BCUT2D eigenvalue weighted by atomic mass is 35.5. The zero-order valence-electron chi connectivity index (χ0n) is 10.6. The average Bonchev–Trinajstić information content (AvgIpc) is 2.18. The van der Waals surface area contributed by atoms with Gasteiger partial charge in [0.05, 0.1) is 17.0 Å². The summed E-state index contributed by atoms with van der Waals surface area (Å²) < 4.78 is 0. The fourth-order valence-corrected chi connectivity index (χ4v) is 1.83. The Hall–Kier alpha value is -1.55. The van der Waals surface area contributed by atoms with Crippen molar-refractivity contribution in [3.8, 4) is 0 Å². The van der Waals surface area contributed by atoms with Gasteiger partial charge in [-0.3, -0.25) is 9.59 Å². The number of hydrogen-bond donors (Lipinski definition) is 2. The van der Waals surface area contributed by atoms with Gasteiger partial charge in [0.2, 0.25) is 0 Å². The average molecular weight is 270 g/mol. The predicted octanol–water partition coefficient (Wildman–Crippen LogP) is 2.63. The highest BCUT2D eigenvalue weighted by Gasteiger charge is 2.25. The summed E-state index contributed by atoms with van der Waals surface area (Å²) in [7, 11) is 0. The molecule has 2 N–H and O–H groups in total. The quantitative estimate of drug-likeness (QED) is 0.883. The molecular weight excluding hydrogens is 254 g/mol. The number of aliphatic carboxylic acids is 1. The van der Waals surface area contributed by atoms with Crippen LogP contribution in [0.3, 0.4) is 0 Å². The van der Waals surface area contributed by atoms with E-state index in [0.717, 1.165) is 5.56 Å². The molecule has 0 aliphatic rings. The summed E-state index contributed by atoms with van der Waals surface area (Å²) in [6, 6.07) is 5.16. The molecule has 1 aromatic rings. The van der Waals surface area contributed by atoms with E-state index < -0.39 is 11.5 Å². The number of aryl methyl sites for hydroxylation is 1. The van der Waals surface area contributed by atoms with Crippen LogP contribution in [0.15, 0.2) is 18.2 Å². The summed E-state index contributed by atoms with van der Waals surface area (Å²) in [4.78, 5) is 22.7. The van der Waals surface area contributed by atoms with E-state index in [2.05, 4.69) is 5.32 Å². The van der Waals surface area contributed by atoms with Crippen molar-refractivity contribution >= 4 is 23.5 Å². The molecule has 1 rings (SSSR count). The Morgan fingerprint density at radius 3 is 2.56 bits per heavy atom. The fraction of sp³-hybridized carbons (Fsp3) is 0.385. The summed E-state index contributed by atoms with van der Waals surface area (Å²) in [5.41, 5.74) is 0.339. The van der Waals surface area contributed by atoms with E-state index in [9.17, 15) is 9.59 Å². The Morgan fingerprint density at radius 2 is 2.00 bits per heavy atom. The minimum atomic E-state index is -0.962. The van der Waals surface area contributed by atoms with Crippen molar-refractivity contribution in [1.29, 1.82) is 0 Å². The number of carbonyl (C=O) groups is 2. The molecule has 5 heteroatoms. The van der Waals surface area contributed by atoms with Crippen LogP contribution < -0.4 is 5.32 Å². The third-order valence-electron chi connectivity index (χ3n) is 2.48. The van der Waals surface area contributed by atoms with E-state index in [-0.39, 0.29) is 12.3 Å². The van der Waals surface area contributed by atoms with Crippen LogP contribution in [0.1, 0.15) is 36.2 Å². The summed E-state index contributed by atoms with van der Waals surface area (Å²) in [6.07, 6.45) is -0.151. The Bertz CT molecular complexity index is 483. The van der Waals surface area contributed by atoms with Crippen LogP contribution in [0.5, 0.6) is 0 Å². The third-order valence-corrected chi connectivity index (χ3v) is 2.98. The fourth-order valence-electron chi connectivity index (χ4n) is 1.62. The predicted molar refractivity (Wildman–Crippen MR) is 70.0 cm³/mol. The molecule has 0 aliphatic carbocycles. The van der Waals surface area contributed by atoms with Crippen LogP contribution in [0, 0.1) is 6.92 Å². The molecule has 0 saturated heterocycles. The number of carboxylic acid groups (broad SMARTS) is 1. The molecule has 0 spiro atoms. The number of halogens is 1. The Kier molecular flexibility index (Phi) is 4.35. The van der Waals surface area contributed by atoms with Gasteiger partial charge in [-0.15, -0.1) is 0 Å². The minimum absolute atomic E-state index is 0.151. The maximum atomic E-state index is 12.0. The van der Waals surface area contributed by atoms with E-state index in [1.807, 2.05) is 13.0 Å². The van der Waals surface area contributed by atoms with Gasteiger partial charge in [-0.1, -0.05) is 23.7 Å². The van der Waals surface area contributed by atoms with E-state index >= 15 is 0 Å². The number of carboxylic acids is 1. The Labute approximate surface area is 111 Å². The first kappa shape index (κ1) is 14.5. The number of benzene rings is 1. The van der Waals surface area contributed by atoms with E-state index in [0.29, 0.717) is 10.6 Å². The SMILES string of the molecule is Cc1cccc(C(=O)NC(C)(C)CC(=O)O)c1Cl. The van der Waals surface area contributed by atoms with Crippen molar-refractivity contribution in [3.05, 3.63) is 34.3 Å². The lowest BCUT2D eigenvalue weighted by Crippen LogP contribution is -2.45. The maximum Gasteiger partial charge on any atom is 0.305 e. The first-order valence-corrected chi connectivity index (χ1v) is 5.90. The van der Waals surface area contributed by atoms with Crippen molar-refractivity contribution < 1.29 is 14.7 Å². The van der Waals surface area contributed by atoms with Crippen LogP contribution in [0.25, 0.3) is 0 Å². The lowest BCUT2D eigenvalue weighted by molar-refractivity contribution is -0.138. The van der Waals surface area contributed by atoms with Gasteiger partial charge in [0.1, 0.15) is 0 Å². The van der Waals surface area contributed by atoms with E-state index in [1.54, 1.807) is 26.0 Å². The number of amides is 1. The molecule has 0 fully saturated rings. The van der Waals surface area contributed by atoms with Crippen molar-refractivity contribution in [2.24, 2.45) is 0 Å². The van der Waals surface area contributed by atoms with Crippen molar-refractivity contribution in [2.45, 2.75) is 32.7 Å². The molecule has 1 amide bonds. The lowest BCUT2D eigenvalue weighted by atomic mass is 10.00.